The summed E-state index contributed by atoms with van der Waals surface area (Å²) in [6.07, 6.45) is 11.2. The van der Waals surface area contributed by atoms with E-state index in [1.165, 1.54) is 41.7 Å². The molecule has 0 saturated carbocycles. The zero-order valence-corrected chi connectivity index (χ0v) is 12.3. The second-order valence-corrected chi connectivity index (χ2v) is 6.32. The van der Waals surface area contributed by atoms with E-state index < -0.39 is 0 Å². The van der Waals surface area contributed by atoms with E-state index in [2.05, 4.69) is 35.1 Å². The lowest BCUT2D eigenvalue weighted by molar-refractivity contribution is 0.375. The Kier molecular flexibility index (Phi) is 2.88. The Morgan fingerprint density at radius 2 is 1.86 bits per heavy atom. The predicted molar refractivity (Wildman–Crippen MR) is 84.6 cm³/mol. The van der Waals surface area contributed by atoms with Crippen molar-refractivity contribution in [1.82, 2.24) is 9.97 Å². The highest BCUT2D eigenvalue weighted by atomic mass is 14.9. The monoisotopic (exact) mass is 277 g/mol. The first-order chi connectivity index (χ1) is 10.3. The van der Waals surface area contributed by atoms with Crippen LogP contribution in [0.25, 0.3) is 11.1 Å². The Morgan fingerprint density at radius 3 is 2.62 bits per heavy atom. The van der Waals surface area contributed by atoms with Crippen molar-refractivity contribution in [2.45, 2.75) is 44.6 Å². The molecule has 1 aromatic carbocycles. The number of rotatable bonds is 1. The molecule has 3 nitrogen and oxygen atoms in total. The van der Waals surface area contributed by atoms with Gasteiger partial charge in [0, 0.05) is 23.7 Å². The summed E-state index contributed by atoms with van der Waals surface area (Å²) in [7, 11) is 0. The van der Waals surface area contributed by atoms with E-state index in [4.69, 9.17) is 4.99 Å². The summed E-state index contributed by atoms with van der Waals surface area (Å²) in [6.45, 7) is 2.17. The van der Waals surface area contributed by atoms with Crippen molar-refractivity contribution in [2.24, 2.45) is 4.99 Å². The van der Waals surface area contributed by atoms with Crippen LogP contribution in [-0.4, -0.2) is 21.2 Å². The molecule has 0 bridgehead atoms. The number of benzene rings is 1. The molecule has 1 aliphatic heterocycles. The summed E-state index contributed by atoms with van der Waals surface area (Å²) in [6, 6.07) is 6.62. The lowest BCUT2D eigenvalue weighted by Gasteiger charge is -2.33. The van der Waals surface area contributed by atoms with Crippen molar-refractivity contribution in [2.75, 3.05) is 0 Å². The van der Waals surface area contributed by atoms with Crippen molar-refractivity contribution < 1.29 is 0 Å². The molecule has 1 aliphatic carbocycles. The molecule has 1 spiro atoms. The van der Waals surface area contributed by atoms with E-state index in [-0.39, 0.29) is 5.54 Å². The molecule has 0 saturated heterocycles. The van der Waals surface area contributed by atoms with E-state index in [0.29, 0.717) is 0 Å². The molecule has 3 heteroatoms. The Bertz CT molecular complexity index is 706. The Labute approximate surface area is 125 Å². The fourth-order valence-corrected chi connectivity index (χ4v) is 3.84. The van der Waals surface area contributed by atoms with Crippen LogP contribution >= 0.6 is 0 Å². The van der Waals surface area contributed by atoms with Gasteiger partial charge in [0.25, 0.3) is 0 Å². The average Bonchev–Trinajstić information content (AvgIpc) is 2.88. The van der Waals surface area contributed by atoms with Crippen LogP contribution in [0.3, 0.4) is 0 Å². The Morgan fingerprint density at radius 1 is 1.05 bits per heavy atom. The molecule has 1 aromatic heterocycles. The van der Waals surface area contributed by atoms with Gasteiger partial charge in [-0.1, -0.05) is 18.2 Å². The molecule has 2 heterocycles. The van der Waals surface area contributed by atoms with Gasteiger partial charge in [-0.05, 0) is 55.7 Å². The lowest BCUT2D eigenvalue weighted by Crippen LogP contribution is -2.32. The molecule has 2 aliphatic rings. The maximum absolute atomic E-state index is 4.97. The summed E-state index contributed by atoms with van der Waals surface area (Å²) in [4.78, 5) is 13.3. The van der Waals surface area contributed by atoms with Gasteiger partial charge in [0.15, 0.2) is 0 Å². The van der Waals surface area contributed by atoms with Gasteiger partial charge >= 0.3 is 0 Å². The summed E-state index contributed by atoms with van der Waals surface area (Å²) in [5, 5.41) is 0. The van der Waals surface area contributed by atoms with Gasteiger partial charge < -0.3 is 0 Å². The molecule has 1 atom stereocenters. The largest absolute Gasteiger partial charge is 0.287 e. The quantitative estimate of drug-likeness (QED) is 0.798. The molecule has 0 unspecified atom stereocenters. The van der Waals surface area contributed by atoms with E-state index in [1.807, 2.05) is 12.4 Å². The molecule has 0 fully saturated rings. The minimum atomic E-state index is 0.183. The highest BCUT2D eigenvalue weighted by molar-refractivity contribution is 5.84. The number of nitrogens with zero attached hydrogens (tertiary/aromatic N) is 3. The fourth-order valence-electron chi connectivity index (χ4n) is 3.84. The van der Waals surface area contributed by atoms with Crippen LogP contribution in [0.4, 0.5) is 0 Å². The first kappa shape index (κ1) is 12.7. The number of aliphatic imine (C=N–C) groups is 1. The third kappa shape index (κ3) is 2.17. The molecular formula is C18H19N3. The third-order valence-electron chi connectivity index (χ3n) is 4.88. The predicted octanol–water partition coefficient (Wildman–Crippen LogP) is 3.63. The fraction of sp³-hybridized carbons (Fsp3) is 0.389. The van der Waals surface area contributed by atoms with Crippen LogP contribution in [-0.2, 0) is 12.8 Å². The maximum Gasteiger partial charge on any atom is 0.115 e. The highest BCUT2D eigenvalue weighted by Crippen LogP contribution is 2.41. The average molecular weight is 277 g/mol. The van der Waals surface area contributed by atoms with Gasteiger partial charge in [0.2, 0.25) is 0 Å². The van der Waals surface area contributed by atoms with Crippen molar-refractivity contribution in [3.63, 3.8) is 0 Å². The third-order valence-corrected chi connectivity index (χ3v) is 4.88. The van der Waals surface area contributed by atoms with Crippen LogP contribution in [0.2, 0.25) is 0 Å². The van der Waals surface area contributed by atoms with E-state index in [0.717, 1.165) is 18.4 Å². The zero-order valence-electron chi connectivity index (χ0n) is 12.3. The first-order valence-corrected chi connectivity index (χ1v) is 7.67. The topological polar surface area (TPSA) is 38.1 Å². The maximum atomic E-state index is 4.97. The molecule has 21 heavy (non-hydrogen) atoms. The molecule has 0 amide bonds. The molecule has 2 aromatic rings. The van der Waals surface area contributed by atoms with Gasteiger partial charge in [-0.3, -0.25) is 4.99 Å². The molecule has 4 rings (SSSR count). The number of aromatic nitrogens is 2. The molecule has 0 N–H and O–H groups in total. The lowest BCUT2D eigenvalue weighted by atomic mass is 9.75. The second-order valence-electron chi connectivity index (χ2n) is 6.32. The normalized spacial score (nSPS) is 24.0. The number of hydrogen-bond donors (Lipinski definition) is 0. The smallest absolute Gasteiger partial charge is 0.115 e. The molecule has 0 radical (unpaired) electrons. The summed E-state index contributed by atoms with van der Waals surface area (Å²) in [5.41, 5.74) is 6.85. The minimum Gasteiger partial charge on any atom is -0.287 e. The van der Waals surface area contributed by atoms with Crippen LogP contribution in [0, 0.1) is 0 Å². The molecular weight excluding hydrogens is 258 g/mol. The Balaban J connectivity index is 1.75. The van der Waals surface area contributed by atoms with Gasteiger partial charge in [-0.2, -0.15) is 0 Å². The zero-order chi connectivity index (χ0) is 14.3. The van der Waals surface area contributed by atoms with Gasteiger partial charge in [-0.15, -0.1) is 0 Å². The van der Waals surface area contributed by atoms with Crippen molar-refractivity contribution in [3.05, 3.63) is 48.0 Å². The molecule has 106 valence electrons. The van der Waals surface area contributed by atoms with Gasteiger partial charge in [-0.25, -0.2) is 9.97 Å². The number of fused-ring (bicyclic) bond motifs is 1. The highest BCUT2D eigenvalue weighted by Gasteiger charge is 2.37. The second kappa shape index (κ2) is 4.76. The van der Waals surface area contributed by atoms with Crippen LogP contribution in [0.1, 0.15) is 37.3 Å². The summed E-state index contributed by atoms with van der Waals surface area (Å²) < 4.78 is 0. The van der Waals surface area contributed by atoms with Crippen molar-refractivity contribution in [1.29, 1.82) is 0 Å². The Hall–Kier alpha value is -2.03. The van der Waals surface area contributed by atoms with E-state index in [1.54, 1.807) is 6.33 Å². The van der Waals surface area contributed by atoms with E-state index in [9.17, 15) is 0 Å². The van der Waals surface area contributed by atoms with Crippen LogP contribution < -0.4 is 0 Å². The minimum absolute atomic E-state index is 0.183. The van der Waals surface area contributed by atoms with Gasteiger partial charge in [0.1, 0.15) is 6.33 Å². The van der Waals surface area contributed by atoms with Crippen molar-refractivity contribution >= 4 is 5.71 Å². The number of hydrogen-bond acceptors (Lipinski definition) is 3. The van der Waals surface area contributed by atoms with E-state index >= 15 is 0 Å². The van der Waals surface area contributed by atoms with Crippen LogP contribution in [0.15, 0.2) is 41.9 Å². The van der Waals surface area contributed by atoms with Crippen molar-refractivity contribution in [3.8, 4) is 11.1 Å². The summed E-state index contributed by atoms with van der Waals surface area (Å²) in [5.74, 6) is 0. The van der Waals surface area contributed by atoms with Crippen LogP contribution in [0.5, 0.6) is 0 Å². The first-order valence-electron chi connectivity index (χ1n) is 7.67. The summed E-state index contributed by atoms with van der Waals surface area (Å²) >= 11 is 0. The standard InChI is InChI=1S/C18H19N3/c1-13-5-7-18(21-13)8-6-17-14(9-18)3-2-4-16(17)15-10-19-12-20-11-15/h2-4,10-12H,5-9H2,1H3/t18-/m0/s1. The SMILES string of the molecule is CC1=N[C@@]2(CC1)CCc1c(cccc1-c1cncnc1)C2. The van der Waals surface area contributed by atoms with Gasteiger partial charge in [0.05, 0.1) is 5.54 Å².